The van der Waals surface area contributed by atoms with Crippen LogP contribution in [0, 0.1) is 6.92 Å². The van der Waals surface area contributed by atoms with Gasteiger partial charge >= 0.3 is 11.6 Å². The van der Waals surface area contributed by atoms with Gasteiger partial charge in [0.1, 0.15) is 5.58 Å². The highest BCUT2D eigenvalue weighted by Gasteiger charge is 2.13. The molecule has 0 amide bonds. The van der Waals surface area contributed by atoms with E-state index in [4.69, 9.17) is 4.42 Å². The lowest BCUT2D eigenvalue weighted by atomic mass is 10.1. The second kappa shape index (κ2) is 6.35. The van der Waals surface area contributed by atoms with E-state index in [2.05, 4.69) is 9.99 Å². The van der Waals surface area contributed by atoms with Crippen LogP contribution in [0.1, 0.15) is 37.8 Å². The molecule has 0 aliphatic rings. The van der Waals surface area contributed by atoms with Crippen molar-refractivity contribution in [1.82, 2.24) is 0 Å². The number of carbonyl (C=O) groups is 1. The molecular weight excluding hydrogens is 270 g/mol. The maximum absolute atomic E-state index is 12.1. The molecular formula is C16H17NO4. The molecule has 110 valence electrons. The van der Waals surface area contributed by atoms with Crippen LogP contribution in [0.4, 0.5) is 0 Å². The van der Waals surface area contributed by atoms with Gasteiger partial charge in [0.25, 0.3) is 0 Å². The van der Waals surface area contributed by atoms with E-state index in [-0.39, 0.29) is 0 Å². The third-order valence-corrected chi connectivity index (χ3v) is 2.97. The third-order valence-electron chi connectivity index (χ3n) is 2.97. The van der Waals surface area contributed by atoms with Gasteiger partial charge < -0.3 is 9.25 Å². The molecule has 0 saturated heterocycles. The molecule has 0 aliphatic heterocycles. The minimum absolute atomic E-state index is 0.330. The van der Waals surface area contributed by atoms with E-state index in [9.17, 15) is 9.59 Å². The zero-order chi connectivity index (χ0) is 15.4. The van der Waals surface area contributed by atoms with Gasteiger partial charge in [-0.25, -0.2) is 9.59 Å². The topological polar surface area (TPSA) is 68.9 Å². The fourth-order valence-corrected chi connectivity index (χ4v) is 2.03. The smallest absolute Gasteiger partial charge is 0.345 e. The van der Waals surface area contributed by atoms with E-state index in [1.165, 1.54) is 6.92 Å². The molecule has 0 atom stereocenters. The first-order valence-corrected chi connectivity index (χ1v) is 6.80. The van der Waals surface area contributed by atoms with Crippen molar-refractivity contribution in [2.75, 3.05) is 0 Å². The third kappa shape index (κ3) is 3.56. The van der Waals surface area contributed by atoms with Crippen molar-refractivity contribution in [3.63, 3.8) is 0 Å². The number of aryl methyl sites for hydroxylation is 1. The van der Waals surface area contributed by atoms with E-state index >= 15 is 0 Å². The molecule has 0 bridgehead atoms. The van der Waals surface area contributed by atoms with E-state index in [0.29, 0.717) is 23.3 Å². The lowest BCUT2D eigenvalue weighted by Crippen LogP contribution is -2.15. The number of rotatable bonds is 4. The van der Waals surface area contributed by atoms with Crippen molar-refractivity contribution in [3.8, 4) is 0 Å². The van der Waals surface area contributed by atoms with Crippen molar-refractivity contribution in [1.29, 1.82) is 0 Å². The number of hydrogen-bond acceptors (Lipinski definition) is 5. The molecule has 0 unspecified atom stereocenters. The number of oxime groups is 1. The monoisotopic (exact) mass is 287 g/mol. The van der Waals surface area contributed by atoms with Crippen LogP contribution in [-0.4, -0.2) is 11.7 Å². The Morgan fingerprint density at radius 1 is 1.33 bits per heavy atom. The van der Waals surface area contributed by atoms with Crippen molar-refractivity contribution in [3.05, 3.63) is 45.8 Å². The SMILES string of the molecule is CCC/C(=N\OC(C)=O)c1cc2cc(C)ccc2oc1=O. The summed E-state index contributed by atoms with van der Waals surface area (Å²) in [6.07, 6.45) is 1.29. The van der Waals surface area contributed by atoms with E-state index in [1.807, 2.05) is 26.0 Å². The first-order valence-electron chi connectivity index (χ1n) is 6.80. The van der Waals surface area contributed by atoms with Gasteiger partial charge in [-0.1, -0.05) is 30.1 Å². The van der Waals surface area contributed by atoms with Gasteiger partial charge in [0.2, 0.25) is 0 Å². The molecule has 1 aromatic heterocycles. The molecule has 5 heteroatoms. The predicted octanol–water partition coefficient (Wildman–Crippen LogP) is 3.17. The summed E-state index contributed by atoms with van der Waals surface area (Å²) in [6, 6.07) is 7.30. The molecule has 0 N–H and O–H groups in total. The van der Waals surface area contributed by atoms with Crippen LogP contribution in [0.2, 0.25) is 0 Å². The maximum Gasteiger partial charge on any atom is 0.345 e. The zero-order valence-electron chi connectivity index (χ0n) is 12.3. The first-order chi connectivity index (χ1) is 10.0. The van der Waals surface area contributed by atoms with Crippen molar-refractivity contribution in [2.24, 2.45) is 5.16 Å². The Balaban J connectivity index is 2.56. The average molecular weight is 287 g/mol. The van der Waals surface area contributed by atoms with Gasteiger partial charge in [0, 0.05) is 12.3 Å². The van der Waals surface area contributed by atoms with Crippen LogP contribution in [0.15, 0.2) is 38.6 Å². The highest BCUT2D eigenvalue weighted by atomic mass is 16.7. The summed E-state index contributed by atoms with van der Waals surface area (Å²) in [5, 5.41) is 4.60. The summed E-state index contributed by atoms with van der Waals surface area (Å²) in [6.45, 7) is 5.18. The Morgan fingerprint density at radius 2 is 2.10 bits per heavy atom. The summed E-state index contributed by atoms with van der Waals surface area (Å²) in [5.41, 5.74) is 1.86. The molecule has 2 rings (SSSR count). The molecule has 1 heterocycles. The molecule has 0 spiro atoms. The van der Waals surface area contributed by atoms with Gasteiger partial charge in [-0.15, -0.1) is 0 Å². The number of nitrogens with zero attached hydrogens (tertiary/aromatic N) is 1. The Kier molecular flexibility index (Phi) is 4.52. The normalized spacial score (nSPS) is 11.7. The van der Waals surface area contributed by atoms with Gasteiger partial charge in [-0.3, -0.25) is 0 Å². The molecule has 2 aromatic rings. The fourth-order valence-electron chi connectivity index (χ4n) is 2.03. The minimum Gasteiger partial charge on any atom is -0.422 e. The van der Waals surface area contributed by atoms with Crippen molar-refractivity contribution < 1.29 is 14.0 Å². The quantitative estimate of drug-likeness (QED) is 0.375. The summed E-state index contributed by atoms with van der Waals surface area (Å²) in [4.78, 5) is 27.7. The first kappa shape index (κ1) is 15.0. The molecule has 0 fully saturated rings. The number of fused-ring (bicyclic) bond motifs is 1. The largest absolute Gasteiger partial charge is 0.422 e. The minimum atomic E-state index is -0.523. The fraction of sp³-hybridized carbons (Fsp3) is 0.312. The predicted molar refractivity (Wildman–Crippen MR) is 80.4 cm³/mol. The maximum atomic E-state index is 12.1. The van der Waals surface area contributed by atoms with Crippen LogP contribution in [0.5, 0.6) is 0 Å². The Morgan fingerprint density at radius 3 is 2.76 bits per heavy atom. The summed E-state index contributed by atoms with van der Waals surface area (Å²) in [7, 11) is 0. The summed E-state index contributed by atoms with van der Waals surface area (Å²) >= 11 is 0. The second-order valence-electron chi connectivity index (χ2n) is 4.86. The standard InChI is InChI=1S/C16H17NO4/c1-4-5-14(17-21-11(3)18)13-9-12-8-10(2)6-7-15(12)20-16(13)19/h6-9H,4-5H2,1-3H3/b17-14+. The van der Waals surface area contributed by atoms with Crippen LogP contribution >= 0.6 is 0 Å². The number of hydrogen-bond donors (Lipinski definition) is 0. The molecule has 0 aliphatic carbocycles. The van der Waals surface area contributed by atoms with Gasteiger partial charge in [0.05, 0.1) is 11.3 Å². The summed E-state index contributed by atoms with van der Waals surface area (Å²) < 4.78 is 5.31. The molecule has 1 aromatic carbocycles. The lowest BCUT2D eigenvalue weighted by Gasteiger charge is -2.05. The van der Waals surface area contributed by atoms with E-state index in [1.54, 1.807) is 12.1 Å². The Labute approximate surface area is 122 Å². The highest BCUT2D eigenvalue weighted by molar-refractivity contribution is 6.02. The van der Waals surface area contributed by atoms with E-state index in [0.717, 1.165) is 17.4 Å². The second-order valence-corrected chi connectivity index (χ2v) is 4.86. The molecule has 0 saturated carbocycles. The summed E-state index contributed by atoms with van der Waals surface area (Å²) in [5.74, 6) is -0.523. The molecule has 0 radical (unpaired) electrons. The Hall–Kier alpha value is -2.43. The Bertz CT molecular complexity index is 758. The number of carbonyl (C=O) groups excluding carboxylic acids is 1. The van der Waals surface area contributed by atoms with Gasteiger partial charge in [-0.2, -0.15) is 0 Å². The van der Waals surface area contributed by atoms with Gasteiger partial charge in [0.15, 0.2) is 0 Å². The average Bonchev–Trinajstić information content (AvgIpc) is 2.43. The van der Waals surface area contributed by atoms with E-state index < -0.39 is 11.6 Å². The molecule has 21 heavy (non-hydrogen) atoms. The zero-order valence-corrected chi connectivity index (χ0v) is 12.3. The number of benzene rings is 1. The highest BCUT2D eigenvalue weighted by Crippen LogP contribution is 2.16. The van der Waals surface area contributed by atoms with Crippen molar-refractivity contribution >= 4 is 22.7 Å². The van der Waals surface area contributed by atoms with Crippen LogP contribution in [0.3, 0.4) is 0 Å². The lowest BCUT2D eigenvalue weighted by molar-refractivity contribution is -0.140. The van der Waals surface area contributed by atoms with Crippen LogP contribution in [-0.2, 0) is 9.63 Å². The van der Waals surface area contributed by atoms with Crippen LogP contribution in [0.25, 0.3) is 11.0 Å². The van der Waals surface area contributed by atoms with Crippen molar-refractivity contribution in [2.45, 2.75) is 33.6 Å². The van der Waals surface area contributed by atoms with Gasteiger partial charge in [-0.05, 0) is 31.5 Å². The molecule has 5 nitrogen and oxygen atoms in total. The van der Waals surface area contributed by atoms with Crippen LogP contribution < -0.4 is 5.63 Å².